The molecular weight excluding hydrogens is 296 g/mol. The summed E-state index contributed by atoms with van der Waals surface area (Å²) in [6, 6.07) is 0. The van der Waals surface area contributed by atoms with Crippen LogP contribution in [-0.2, 0) is 11.3 Å². The average molecular weight is 320 g/mol. The number of fused-ring (bicyclic) bond motifs is 1. The van der Waals surface area contributed by atoms with E-state index in [1.807, 2.05) is 4.90 Å². The molecule has 0 aromatic carbocycles. The second-order valence-corrected chi connectivity index (χ2v) is 6.87. The molecule has 1 aliphatic heterocycles. The number of likely N-dealkylation sites (tertiary alicyclic amines) is 1. The lowest BCUT2D eigenvalue weighted by Gasteiger charge is -2.41. The minimum absolute atomic E-state index is 0.0174. The van der Waals surface area contributed by atoms with Crippen LogP contribution in [0.5, 0.6) is 0 Å². The van der Waals surface area contributed by atoms with Crippen molar-refractivity contribution in [2.24, 2.45) is 11.8 Å². The fourth-order valence-electron chi connectivity index (χ4n) is 4.16. The molecule has 2 fully saturated rings. The maximum Gasteiger partial charge on any atom is 0.312 e. The molecule has 1 aromatic heterocycles. The number of amides is 1. The van der Waals surface area contributed by atoms with E-state index >= 15 is 0 Å². The summed E-state index contributed by atoms with van der Waals surface area (Å²) < 4.78 is 1.47. The van der Waals surface area contributed by atoms with Crippen molar-refractivity contribution >= 4 is 11.6 Å². The first kappa shape index (κ1) is 16.0. The Kier molecular flexibility index (Phi) is 4.37. The fourth-order valence-corrected chi connectivity index (χ4v) is 4.16. The number of hydrogen-bond donors (Lipinski definition) is 0. The lowest BCUT2D eigenvalue weighted by Crippen LogP contribution is -2.46. The van der Waals surface area contributed by atoms with Gasteiger partial charge in [0.25, 0.3) is 0 Å². The van der Waals surface area contributed by atoms with Gasteiger partial charge in [-0.1, -0.05) is 19.3 Å². The zero-order valence-electron chi connectivity index (χ0n) is 13.8. The van der Waals surface area contributed by atoms with Crippen molar-refractivity contribution < 1.29 is 9.72 Å². The van der Waals surface area contributed by atoms with Gasteiger partial charge in [-0.3, -0.25) is 19.6 Å². The van der Waals surface area contributed by atoms with E-state index in [0.29, 0.717) is 17.3 Å². The number of hydrogen-bond acceptors (Lipinski definition) is 4. The first-order valence-electron chi connectivity index (χ1n) is 8.43. The third kappa shape index (κ3) is 3.09. The van der Waals surface area contributed by atoms with Gasteiger partial charge in [0.2, 0.25) is 5.91 Å². The second kappa shape index (κ2) is 6.29. The molecule has 2 atom stereocenters. The highest BCUT2D eigenvalue weighted by atomic mass is 16.6. The Labute approximate surface area is 135 Å². The van der Waals surface area contributed by atoms with E-state index in [4.69, 9.17) is 0 Å². The minimum Gasteiger partial charge on any atom is -0.341 e. The SMILES string of the molecule is Cc1nn(CC(=O)N2CC[C@H]3CCCC[C@@H]3C2)c(C)c1[N+](=O)[O-]. The fraction of sp³-hybridized carbons (Fsp3) is 0.750. The van der Waals surface area contributed by atoms with E-state index in [1.54, 1.807) is 13.8 Å². The summed E-state index contributed by atoms with van der Waals surface area (Å²) in [4.78, 5) is 25.1. The van der Waals surface area contributed by atoms with Crippen LogP contribution in [0, 0.1) is 35.8 Å². The average Bonchev–Trinajstić information content (AvgIpc) is 2.80. The Morgan fingerprint density at radius 1 is 1.26 bits per heavy atom. The van der Waals surface area contributed by atoms with Crippen LogP contribution in [0.2, 0.25) is 0 Å². The van der Waals surface area contributed by atoms with Gasteiger partial charge in [-0.05, 0) is 38.5 Å². The summed E-state index contributed by atoms with van der Waals surface area (Å²) in [5.74, 6) is 1.44. The minimum atomic E-state index is -0.424. The molecule has 2 aliphatic rings. The molecule has 1 saturated carbocycles. The van der Waals surface area contributed by atoms with Gasteiger partial charge in [0.05, 0.1) is 4.92 Å². The summed E-state index contributed by atoms with van der Waals surface area (Å²) in [6.45, 7) is 5.00. The molecule has 2 heterocycles. The molecular formula is C16H24N4O3. The van der Waals surface area contributed by atoms with Crippen LogP contribution in [0.25, 0.3) is 0 Å². The van der Waals surface area contributed by atoms with E-state index in [1.165, 1.54) is 30.4 Å². The van der Waals surface area contributed by atoms with Crippen LogP contribution in [0.15, 0.2) is 0 Å². The van der Waals surface area contributed by atoms with Crippen molar-refractivity contribution in [3.63, 3.8) is 0 Å². The monoisotopic (exact) mass is 320 g/mol. The number of aryl methyl sites for hydroxylation is 1. The van der Waals surface area contributed by atoms with Gasteiger partial charge < -0.3 is 4.90 Å². The first-order chi connectivity index (χ1) is 11.0. The number of rotatable bonds is 3. The Balaban J connectivity index is 1.68. The Morgan fingerprint density at radius 2 is 1.96 bits per heavy atom. The van der Waals surface area contributed by atoms with Crippen LogP contribution >= 0.6 is 0 Å². The smallest absolute Gasteiger partial charge is 0.312 e. The van der Waals surface area contributed by atoms with Crippen LogP contribution in [0.3, 0.4) is 0 Å². The van der Waals surface area contributed by atoms with E-state index in [2.05, 4.69) is 5.10 Å². The maximum atomic E-state index is 12.6. The third-order valence-corrected chi connectivity index (χ3v) is 5.45. The van der Waals surface area contributed by atoms with Gasteiger partial charge in [0.1, 0.15) is 17.9 Å². The lowest BCUT2D eigenvalue weighted by molar-refractivity contribution is -0.386. The van der Waals surface area contributed by atoms with Crippen molar-refractivity contribution in [3.8, 4) is 0 Å². The number of piperidine rings is 1. The largest absolute Gasteiger partial charge is 0.341 e. The Bertz CT molecular complexity index is 625. The molecule has 1 aliphatic carbocycles. The Hall–Kier alpha value is -1.92. The molecule has 0 radical (unpaired) electrons. The standard InChI is InChI=1S/C16H24N4O3/c1-11-16(20(22)23)12(2)19(17-11)10-15(21)18-8-7-13-5-3-4-6-14(13)9-18/h13-14H,3-10H2,1-2H3/t13-,14-/m1/s1. The van der Waals surface area contributed by atoms with Gasteiger partial charge in [0, 0.05) is 13.1 Å². The molecule has 0 N–H and O–H groups in total. The lowest BCUT2D eigenvalue weighted by atomic mass is 9.75. The van der Waals surface area contributed by atoms with Crippen LogP contribution in [0.1, 0.15) is 43.5 Å². The van der Waals surface area contributed by atoms with Crippen molar-refractivity contribution in [3.05, 3.63) is 21.5 Å². The zero-order valence-corrected chi connectivity index (χ0v) is 13.8. The zero-order chi connectivity index (χ0) is 16.6. The molecule has 7 nitrogen and oxygen atoms in total. The number of nitrogens with zero attached hydrogens (tertiary/aromatic N) is 4. The highest BCUT2D eigenvalue weighted by Gasteiger charge is 2.33. The molecule has 23 heavy (non-hydrogen) atoms. The maximum absolute atomic E-state index is 12.6. The highest BCUT2D eigenvalue weighted by molar-refractivity contribution is 5.76. The number of carbonyl (C=O) groups is 1. The van der Waals surface area contributed by atoms with E-state index in [-0.39, 0.29) is 18.1 Å². The summed E-state index contributed by atoms with van der Waals surface area (Å²) in [7, 11) is 0. The van der Waals surface area contributed by atoms with Crippen LogP contribution in [0.4, 0.5) is 5.69 Å². The molecule has 3 rings (SSSR count). The van der Waals surface area contributed by atoms with E-state index in [0.717, 1.165) is 25.4 Å². The van der Waals surface area contributed by atoms with E-state index < -0.39 is 4.92 Å². The topological polar surface area (TPSA) is 81.3 Å². The van der Waals surface area contributed by atoms with Crippen LogP contribution in [-0.4, -0.2) is 38.6 Å². The van der Waals surface area contributed by atoms with Gasteiger partial charge in [-0.25, -0.2) is 0 Å². The quantitative estimate of drug-likeness (QED) is 0.633. The normalized spacial score (nSPS) is 24.3. The second-order valence-electron chi connectivity index (χ2n) is 6.87. The van der Waals surface area contributed by atoms with Crippen molar-refractivity contribution in [2.75, 3.05) is 13.1 Å². The highest BCUT2D eigenvalue weighted by Crippen LogP contribution is 2.36. The van der Waals surface area contributed by atoms with Crippen molar-refractivity contribution in [2.45, 2.75) is 52.5 Å². The molecule has 0 bridgehead atoms. The van der Waals surface area contributed by atoms with Gasteiger partial charge in [0.15, 0.2) is 0 Å². The predicted octanol–water partition coefficient (Wildman–Crippen LogP) is 2.45. The summed E-state index contributed by atoms with van der Waals surface area (Å²) in [5, 5.41) is 15.2. The number of nitro groups is 1. The van der Waals surface area contributed by atoms with Gasteiger partial charge in [-0.2, -0.15) is 5.10 Å². The molecule has 0 unspecified atom stereocenters. The molecule has 1 aromatic rings. The van der Waals surface area contributed by atoms with Crippen molar-refractivity contribution in [1.29, 1.82) is 0 Å². The molecule has 1 amide bonds. The molecule has 126 valence electrons. The number of aromatic nitrogens is 2. The first-order valence-corrected chi connectivity index (χ1v) is 8.43. The van der Waals surface area contributed by atoms with Gasteiger partial charge in [-0.15, -0.1) is 0 Å². The molecule has 7 heteroatoms. The van der Waals surface area contributed by atoms with E-state index in [9.17, 15) is 14.9 Å². The van der Waals surface area contributed by atoms with Crippen LogP contribution < -0.4 is 0 Å². The molecule has 0 spiro atoms. The van der Waals surface area contributed by atoms with Gasteiger partial charge >= 0.3 is 5.69 Å². The summed E-state index contributed by atoms with van der Waals surface area (Å²) in [6.07, 6.45) is 6.21. The molecule has 1 saturated heterocycles. The number of carbonyl (C=O) groups excluding carboxylic acids is 1. The third-order valence-electron chi connectivity index (χ3n) is 5.45. The summed E-state index contributed by atoms with van der Waals surface area (Å²) in [5.41, 5.74) is 0.837. The summed E-state index contributed by atoms with van der Waals surface area (Å²) >= 11 is 0. The Morgan fingerprint density at radius 3 is 2.61 bits per heavy atom. The van der Waals surface area contributed by atoms with Crippen molar-refractivity contribution in [1.82, 2.24) is 14.7 Å². The predicted molar refractivity (Wildman–Crippen MR) is 85.0 cm³/mol.